The van der Waals surface area contributed by atoms with Crippen LogP contribution in [0, 0.1) is 11.3 Å². The van der Waals surface area contributed by atoms with E-state index in [-0.39, 0.29) is 0 Å². The summed E-state index contributed by atoms with van der Waals surface area (Å²) in [6, 6.07) is 17.2. The highest BCUT2D eigenvalue weighted by Crippen LogP contribution is 2.35. The molecular formula is C23H24N4S. The number of fused-ring (bicyclic) bond motifs is 1. The molecule has 2 aliphatic heterocycles. The van der Waals surface area contributed by atoms with E-state index in [0.717, 1.165) is 40.4 Å². The van der Waals surface area contributed by atoms with Crippen molar-refractivity contribution in [2.75, 3.05) is 31.1 Å². The Labute approximate surface area is 170 Å². The highest BCUT2D eigenvalue weighted by molar-refractivity contribution is 7.22. The van der Waals surface area contributed by atoms with E-state index in [1.807, 2.05) is 24.3 Å². The van der Waals surface area contributed by atoms with Crippen LogP contribution in [0.5, 0.6) is 0 Å². The zero-order valence-corrected chi connectivity index (χ0v) is 16.8. The summed E-state index contributed by atoms with van der Waals surface area (Å²) in [6.07, 6.45) is 5.34. The molecule has 0 radical (unpaired) electrons. The van der Waals surface area contributed by atoms with Crippen molar-refractivity contribution in [2.45, 2.75) is 31.7 Å². The minimum Gasteiger partial charge on any atom is -0.346 e. The number of rotatable bonds is 3. The lowest BCUT2D eigenvalue weighted by atomic mass is 10.0. The molecule has 0 amide bonds. The first-order chi connectivity index (χ1) is 13.8. The van der Waals surface area contributed by atoms with Crippen LogP contribution in [-0.4, -0.2) is 42.1 Å². The van der Waals surface area contributed by atoms with Gasteiger partial charge in [0.15, 0.2) is 5.13 Å². The number of hydrogen-bond donors (Lipinski definition) is 0. The van der Waals surface area contributed by atoms with Crippen LogP contribution >= 0.6 is 11.3 Å². The predicted octanol–water partition coefficient (Wildman–Crippen LogP) is 4.90. The number of nitriles is 1. The van der Waals surface area contributed by atoms with Gasteiger partial charge in [-0.3, -0.25) is 4.90 Å². The summed E-state index contributed by atoms with van der Waals surface area (Å²) in [6.45, 7) is 4.73. The lowest BCUT2D eigenvalue weighted by molar-refractivity contribution is 0.175. The van der Waals surface area contributed by atoms with Crippen molar-refractivity contribution in [3.63, 3.8) is 0 Å². The van der Waals surface area contributed by atoms with Crippen LogP contribution in [-0.2, 0) is 0 Å². The molecule has 4 nitrogen and oxygen atoms in total. The maximum Gasteiger partial charge on any atom is 0.186 e. The van der Waals surface area contributed by atoms with Crippen LogP contribution in [0.3, 0.4) is 0 Å². The minimum atomic E-state index is 0.686. The van der Waals surface area contributed by atoms with Gasteiger partial charge in [-0.05, 0) is 61.7 Å². The minimum absolute atomic E-state index is 0.686. The number of thiazole rings is 1. The molecule has 0 spiro atoms. The molecule has 3 aromatic rings. The van der Waals surface area contributed by atoms with Crippen LogP contribution in [0.2, 0.25) is 0 Å². The van der Waals surface area contributed by atoms with Crippen molar-refractivity contribution in [3.05, 3.63) is 48.0 Å². The summed E-state index contributed by atoms with van der Waals surface area (Å²) in [5, 5.41) is 10.5. The van der Waals surface area contributed by atoms with Crippen molar-refractivity contribution in [3.8, 4) is 17.2 Å². The van der Waals surface area contributed by atoms with E-state index in [9.17, 15) is 5.26 Å². The van der Waals surface area contributed by atoms with Crippen LogP contribution < -0.4 is 4.90 Å². The Bertz CT molecular complexity index is 1030. The van der Waals surface area contributed by atoms with Gasteiger partial charge >= 0.3 is 0 Å². The van der Waals surface area contributed by atoms with Gasteiger partial charge in [0.05, 0.1) is 21.8 Å². The van der Waals surface area contributed by atoms with E-state index in [1.54, 1.807) is 11.3 Å². The third-order valence-corrected chi connectivity index (χ3v) is 7.16. The summed E-state index contributed by atoms with van der Waals surface area (Å²) in [5.74, 6) is 0. The number of nitrogens with zero attached hydrogens (tertiary/aromatic N) is 4. The Morgan fingerprint density at radius 2 is 1.89 bits per heavy atom. The molecule has 0 N–H and O–H groups in total. The molecule has 0 aliphatic carbocycles. The Morgan fingerprint density at radius 3 is 2.75 bits per heavy atom. The van der Waals surface area contributed by atoms with Gasteiger partial charge < -0.3 is 4.90 Å². The van der Waals surface area contributed by atoms with E-state index in [0.29, 0.717) is 6.04 Å². The van der Waals surface area contributed by atoms with Crippen molar-refractivity contribution in [1.82, 2.24) is 9.88 Å². The van der Waals surface area contributed by atoms with E-state index < -0.39 is 0 Å². The highest BCUT2D eigenvalue weighted by Gasteiger charge is 2.29. The van der Waals surface area contributed by atoms with Crippen molar-refractivity contribution >= 4 is 26.7 Å². The van der Waals surface area contributed by atoms with Crippen LogP contribution in [0.1, 0.15) is 31.2 Å². The van der Waals surface area contributed by atoms with E-state index in [1.165, 1.54) is 43.5 Å². The molecule has 1 atom stereocenters. The fraction of sp³-hybridized carbons (Fsp3) is 0.391. The fourth-order valence-corrected chi connectivity index (χ4v) is 5.58. The van der Waals surface area contributed by atoms with Gasteiger partial charge in [0.2, 0.25) is 0 Å². The molecule has 0 saturated carbocycles. The number of hydrogen-bond acceptors (Lipinski definition) is 5. The number of anilines is 1. The normalized spacial score (nSPS) is 20.5. The second kappa shape index (κ2) is 7.54. The van der Waals surface area contributed by atoms with Crippen LogP contribution in [0.4, 0.5) is 5.13 Å². The largest absolute Gasteiger partial charge is 0.346 e. The average molecular weight is 389 g/mol. The number of aromatic nitrogens is 1. The molecule has 3 heterocycles. The number of benzene rings is 2. The summed E-state index contributed by atoms with van der Waals surface area (Å²) < 4.78 is 1.20. The predicted molar refractivity (Wildman–Crippen MR) is 116 cm³/mol. The molecular weight excluding hydrogens is 364 g/mol. The second-order valence-corrected chi connectivity index (χ2v) is 8.83. The second-order valence-electron chi connectivity index (χ2n) is 7.82. The van der Waals surface area contributed by atoms with Crippen LogP contribution in [0.15, 0.2) is 42.5 Å². The standard InChI is InChI=1S/C23H24N4S/c24-15-18-6-2-3-7-20(18)17-8-9-21-22(14-17)28-23(25-21)27-13-10-19(16-27)26-11-4-1-5-12-26/h2-3,6-9,14,19H,1,4-5,10-13,16H2. The van der Waals surface area contributed by atoms with Gasteiger partial charge in [0.25, 0.3) is 0 Å². The van der Waals surface area contributed by atoms with Crippen molar-refractivity contribution in [2.24, 2.45) is 0 Å². The molecule has 28 heavy (non-hydrogen) atoms. The Morgan fingerprint density at radius 1 is 1.04 bits per heavy atom. The first-order valence-electron chi connectivity index (χ1n) is 10.2. The van der Waals surface area contributed by atoms with Gasteiger partial charge in [-0.1, -0.05) is 42.0 Å². The smallest absolute Gasteiger partial charge is 0.186 e. The zero-order valence-electron chi connectivity index (χ0n) is 16.0. The van der Waals surface area contributed by atoms with Crippen molar-refractivity contribution in [1.29, 1.82) is 5.26 Å². The lowest BCUT2D eigenvalue weighted by Crippen LogP contribution is -2.40. The van der Waals surface area contributed by atoms with Gasteiger partial charge in [-0.25, -0.2) is 4.98 Å². The SMILES string of the molecule is N#Cc1ccccc1-c1ccc2nc(N3CCC(N4CCCCC4)C3)sc2c1. The van der Waals surface area contributed by atoms with Gasteiger partial charge in [-0.15, -0.1) is 0 Å². The molecule has 1 aromatic heterocycles. The molecule has 1 unspecified atom stereocenters. The monoisotopic (exact) mass is 388 g/mol. The maximum absolute atomic E-state index is 9.40. The van der Waals surface area contributed by atoms with Crippen LogP contribution in [0.25, 0.3) is 21.3 Å². The lowest BCUT2D eigenvalue weighted by Gasteiger charge is -2.32. The van der Waals surface area contributed by atoms with Gasteiger partial charge in [0.1, 0.15) is 0 Å². The molecule has 2 aromatic carbocycles. The fourth-order valence-electron chi connectivity index (χ4n) is 4.54. The summed E-state index contributed by atoms with van der Waals surface area (Å²) >= 11 is 1.78. The molecule has 2 aliphatic rings. The van der Waals surface area contributed by atoms with E-state index in [2.05, 4.69) is 34.1 Å². The molecule has 2 fully saturated rings. The maximum atomic E-state index is 9.40. The molecule has 5 heteroatoms. The molecule has 2 saturated heterocycles. The van der Waals surface area contributed by atoms with E-state index >= 15 is 0 Å². The third-order valence-electron chi connectivity index (χ3n) is 6.08. The van der Waals surface area contributed by atoms with Gasteiger partial charge in [-0.2, -0.15) is 5.26 Å². The molecule has 0 bridgehead atoms. The topological polar surface area (TPSA) is 43.2 Å². The molecule has 142 valence electrons. The summed E-state index contributed by atoms with van der Waals surface area (Å²) in [7, 11) is 0. The van der Waals surface area contributed by atoms with Gasteiger partial charge in [0, 0.05) is 19.1 Å². The summed E-state index contributed by atoms with van der Waals surface area (Å²) in [5.41, 5.74) is 3.86. The first kappa shape index (κ1) is 17.7. The average Bonchev–Trinajstić information content (AvgIpc) is 3.41. The van der Waals surface area contributed by atoms with Crippen molar-refractivity contribution < 1.29 is 0 Å². The summed E-state index contributed by atoms with van der Waals surface area (Å²) in [4.78, 5) is 10.1. The number of likely N-dealkylation sites (tertiary alicyclic amines) is 1. The quantitative estimate of drug-likeness (QED) is 0.640. The Balaban J connectivity index is 1.39. The zero-order chi connectivity index (χ0) is 18.9. The highest BCUT2D eigenvalue weighted by atomic mass is 32.1. The Kier molecular flexibility index (Phi) is 4.76. The third kappa shape index (κ3) is 3.28. The first-order valence-corrected chi connectivity index (χ1v) is 11.0. The number of piperidine rings is 1. The van der Waals surface area contributed by atoms with E-state index in [4.69, 9.17) is 4.98 Å². The Hall–Kier alpha value is -2.42. The molecule has 5 rings (SSSR count).